The van der Waals surface area contributed by atoms with Crippen molar-refractivity contribution in [2.45, 2.75) is 33.0 Å². The number of aromatic nitrogens is 2. The van der Waals surface area contributed by atoms with Crippen LogP contribution in [0.25, 0.3) is 0 Å². The Hall–Kier alpha value is -2.43. The highest BCUT2D eigenvalue weighted by atomic mass is 16.2. The van der Waals surface area contributed by atoms with Crippen LogP contribution in [0.5, 0.6) is 0 Å². The van der Waals surface area contributed by atoms with Crippen molar-refractivity contribution >= 4 is 11.7 Å². The van der Waals surface area contributed by atoms with E-state index in [9.17, 15) is 4.79 Å². The molecule has 132 valence electrons. The van der Waals surface area contributed by atoms with E-state index in [1.54, 1.807) is 43.0 Å². The fourth-order valence-electron chi connectivity index (χ4n) is 2.79. The minimum absolute atomic E-state index is 0.317. The predicted octanol–water partition coefficient (Wildman–Crippen LogP) is 2.80. The van der Waals surface area contributed by atoms with Gasteiger partial charge in [-0.05, 0) is 36.1 Å². The van der Waals surface area contributed by atoms with Gasteiger partial charge in [0, 0.05) is 30.3 Å². The molecule has 0 bridgehead atoms. The molecule has 0 atom stereocenters. The highest BCUT2D eigenvalue weighted by Gasteiger charge is 2.22. The molecule has 0 radical (unpaired) electrons. The highest BCUT2D eigenvalue weighted by Crippen LogP contribution is 2.16. The van der Waals surface area contributed by atoms with Gasteiger partial charge in [0.25, 0.3) is 0 Å². The molecule has 0 spiro atoms. The van der Waals surface area contributed by atoms with E-state index >= 15 is 0 Å². The van der Waals surface area contributed by atoms with E-state index in [-0.39, 0.29) is 0 Å². The fourth-order valence-corrected chi connectivity index (χ4v) is 2.79. The molecule has 5 nitrogen and oxygen atoms in total. The molecule has 1 fully saturated rings. The molecule has 1 amide bonds. The Morgan fingerprint density at radius 2 is 1.80 bits per heavy atom. The van der Waals surface area contributed by atoms with Crippen molar-refractivity contribution in [2.75, 3.05) is 31.1 Å². The lowest BCUT2D eigenvalue weighted by molar-refractivity contribution is -0.130. The summed E-state index contributed by atoms with van der Waals surface area (Å²) in [6, 6.07) is 10.5. The Labute approximate surface area is 153 Å². The molecule has 1 aliphatic heterocycles. The third kappa shape index (κ3) is 4.35. The molecular formula is C20H26N4O. The maximum absolute atomic E-state index is 12.9. The van der Waals surface area contributed by atoms with Gasteiger partial charge < -0.3 is 9.80 Å². The number of aryl methyl sites for hydroxylation is 1. The topological polar surface area (TPSA) is 49.3 Å². The van der Waals surface area contributed by atoms with Crippen molar-refractivity contribution in [3.8, 4) is 0 Å². The van der Waals surface area contributed by atoms with Gasteiger partial charge in [-0.15, -0.1) is 5.10 Å². The molecule has 1 aromatic heterocycles. The Morgan fingerprint density at radius 1 is 1.12 bits per heavy atom. The summed E-state index contributed by atoms with van der Waals surface area (Å²) in [6.07, 6.45) is -2.10. The van der Waals surface area contributed by atoms with Crippen LogP contribution < -0.4 is 4.90 Å². The first-order chi connectivity index (χ1) is 13.1. The van der Waals surface area contributed by atoms with Gasteiger partial charge in [-0.25, -0.2) is 0 Å². The monoisotopic (exact) mass is 341 g/mol. The van der Waals surface area contributed by atoms with Crippen molar-refractivity contribution in [3.05, 3.63) is 53.2 Å². The Balaban J connectivity index is 1.67. The second kappa shape index (κ2) is 7.64. The number of hydrogen-bond donors (Lipinski definition) is 0. The highest BCUT2D eigenvalue weighted by molar-refractivity contribution is 5.79. The molecular weight excluding hydrogens is 312 g/mol. The lowest BCUT2D eigenvalue weighted by atomic mass is 10.0. The van der Waals surface area contributed by atoms with Crippen LogP contribution in [0.15, 0.2) is 36.4 Å². The number of benzene rings is 1. The van der Waals surface area contributed by atoms with Gasteiger partial charge >= 0.3 is 0 Å². The zero-order chi connectivity index (χ0) is 20.5. The van der Waals surface area contributed by atoms with Gasteiger partial charge in [0.1, 0.15) is 0 Å². The van der Waals surface area contributed by atoms with E-state index in [0.29, 0.717) is 31.7 Å². The SMILES string of the molecule is [2H]C(C)(C)c1ccc(C([2H])([2H])C(=O)N2CCN(c3ccc(C)nn3)CC2)cc1. The molecule has 0 unspecified atom stereocenters. The third-order valence-corrected chi connectivity index (χ3v) is 4.39. The molecule has 2 heterocycles. The van der Waals surface area contributed by atoms with Crippen molar-refractivity contribution in [1.82, 2.24) is 15.1 Å². The minimum Gasteiger partial charge on any atom is -0.352 e. The number of rotatable bonds is 4. The third-order valence-electron chi connectivity index (χ3n) is 4.39. The zero-order valence-corrected chi connectivity index (χ0v) is 15.0. The smallest absolute Gasteiger partial charge is 0.227 e. The van der Waals surface area contributed by atoms with Crippen LogP contribution in [-0.2, 0) is 11.2 Å². The Bertz CT molecular complexity index is 824. The quantitative estimate of drug-likeness (QED) is 0.858. The maximum atomic E-state index is 12.9. The number of carbonyl (C=O) groups excluding carboxylic acids is 1. The maximum Gasteiger partial charge on any atom is 0.227 e. The van der Waals surface area contributed by atoms with Gasteiger partial charge in [-0.3, -0.25) is 4.79 Å². The van der Waals surface area contributed by atoms with Crippen LogP contribution in [0.2, 0.25) is 0 Å². The van der Waals surface area contributed by atoms with Crippen molar-refractivity contribution < 1.29 is 8.91 Å². The van der Waals surface area contributed by atoms with Crippen molar-refractivity contribution in [2.24, 2.45) is 0 Å². The van der Waals surface area contributed by atoms with Crippen LogP contribution >= 0.6 is 0 Å². The molecule has 1 aromatic carbocycles. The fraction of sp³-hybridized carbons (Fsp3) is 0.450. The van der Waals surface area contributed by atoms with Crippen LogP contribution in [0.3, 0.4) is 0 Å². The standard InChI is InChI=1S/C20H26N4O/c1-15(2)18-7-5-17(6-8-18)14-20(25)24-12-10-23(11-13-24)19-9-4-16(3)21-22-19/h4-9,15H,10-14H2,1-3H3/i14D2,15D. The van der Waals surface area contributed by atoms with Crippen LogP contribution in [0.4, 0.5) is 5.82 Å². The van der Waals surface area contributed by atoms with E-state index < -0.39 is 18.2 Å². The first-order valence-corrected chi connectivity index (χ1v) is 8.55. The Morgan fingerprint density at radius 3 is 2.36 bits per heavy atom. The molecule has 25 heavy (non-hydrogen) atoms. The summed E-state index contributed by atoms with van der Waals surface area (Å²) in [5.74, 6) is -0.515. The van der Waals surface area contributed by atoms with Crippen molar-refractivity contribution in [1.29, 1.82) is 0 Å². The van der Waals surface area contributed by atoms with E-state index in [1.165, 1.54) is 0 Å². The number of amides is 1. The van der Waals surface area contributed by atoms with E-state index in [1.807, 2.05) is 19.1 Å². The van der Waals surface area contributed by atoms with Gasteiger partial charge in [0.05, 0.1) is 12.1 Å². The summed E-state index contributed by atoms with van der Waals surface area (Å²) >= 11 is 0. The molecule has 3 rings (SSSR count). The molecule has 2 aromatic rings. The number of anilines is 1. The normalized spacial score (nSPS) is 17.6. The van der Waals surface area contributed by atoms with E-state index in [0.717, 1.165) is 17.1 Å². The summed E-state index contributed by atoms with van der Waals surface area (Å²) in [5, 5.41) is 8.25. The average Bonchev–Trinajstić information content (AvgIpc) is 2.67. The molecule has 0 saturated carbocycles. The molecule has 0 aliphatic carbocycles. The summed E-state index contributed by atoms with van der Waals surface area (Å²) in [5.41, 5.74) is 1.95. The van der Waals surface area contributed by atoms with Crippen LogP contribution in [0, 0.1) is 6.92 Å². The van der Waals surface area contributed by atoms with Crippen LogP contribution in [-0.4, -0.2) is 47.2 Å². The average molecular weight is 341 g/mol. The molecule has 1 saturated heterocycles. The number of hydrogen-bond acceptors (Lipinski definition) is 4. The van der Waals surface area contributed by atoms with E-state index in [4.69, 9.17) is 4.11 Å². The van der Waals surface area contributed by atoms with Crippen molar-refractivity contribution in [3.63, 3.8) is 0 Å². The molecule has 1 aliphatic rings. The summed E-state index contributed by atoms with van der Waals surface area (Å²) in [6.45, 7) is 7.49. The van der Waals surface area contributed by atoms with E-state index in [2.05, 4.69) is 15.1 Å². The van der Waals surface area contributed by atoms with Gasteiger partial charge in [0.15, 0.2) is 5.82 Å². The summed E-state index contributed by atoms with van der Waals surface area (Å²) in [7, 11) is 0. The minimum atomic E-state index is -2.10. The molecule has 0 N–H and O–H groups in total. The first-order valence-electron chi connectivity index (χ1n) is 10.0. The second-order valence-corrected chi connectivity index (χ2v) is 6.51. The number of carbonyl (C=O) groups is 1. The second-order valence-electron chi connectivity index (χ2n) is 6.51. The largest absolute Gasteiger partial charge is 0.352 e. The number of piperazine rings is 1. The predicted molar refractivity (Wildman–Crippen MR) is 99.8 cm³/mol. The lowest BCUT2D eigenvalue weighted by Gasteiger charge is -2.35. The van der Waals surface area contributed by atoms with Gasteiger partial charge in [0.2, 0.25) is 5.91 Å². The number of nitrogens with zero attached hydrogens (tertiary/aromatic N) is 4. The lowest BCUT2D eigenvalue weighted by Crippen LogP contribution is -2.49. The Kier molecular flexibility index (Phi) is 4.22. The first kappa shape index (κ1) is 13.8. The van der Waals surface area contributed by atoms with Crippen LogP contribution in [0.1, 0.15) is 40.7 Å². The summed E-state index contributed by atoms with van der Waals surface area (Å²) in [4.78, 5) is 16.5. The van der Waals surface area contributed by atoms with Gasteiger partial charge in [-0.1, -0.05) is 38.1 Å². The zero-order valence-electron chi connectivity index (χ0n) is 18.0. The summed E-state index contributed by atoms with van der Waals surface area (Å²) < 4.78 is 24.8. The molecule has 5 heteroatoms. The van der Waals surface area contributed by atoms with Gasteiger partial charge in [-0.2, -0.15) is 5.10 Å².